The molecule has 1 fully saturated rings. The number of benzene rings is 1. The zero-order valence-electron chi connectivity index (χ0n) is 12.3. The average molecular weight is 283 g/mol. The number of sulfonamides is 1. The van der Waals surface area contributed by atoms with E-state index in [4.69, 9.17) is 0 Å². The van der Waals surface area contributed by atoms with E-state index in [1.54, 1.807) is 4.31 Å². The minimum Gasteiger partial charge on any atom is -0.213 e. The number of nitrogens with zero attached hydrogens (tertiary/aromatic N) is 1. The molecule has 19 heavy (non-hydrogen) atoms. The van der Waals surface area contributed by atoms with Gasteiger partial charge in [-0.2, -0.15) is 0 Å². The topological polar surface area (TPSA) is 37.4 Å². The Labute approximate surface area is 117 Å². The van der Waals surface area contributed by atoms with Crippen LogP contribution in [0.1, 0.15) is 38.7 Å². The Hall–Kier alpha value is -0.870. The Morgan fingerprint density at radius 3 is 2.21 bits per heavy atom. The van der Waals surface area contributed by atoms with Crippen LogP contribution in [0.2, 0.25) is 0 Å². The Morgan fingerprint density at radius 1 is 1.11 bits per heavy atom. The van der Waals surface area contributed by atoms with Crippen molar-refractivity contribution in [2.45, 2.75) is 33.1 Å². The van der Waals surface area contributed by atoms with Crippen LogP contribution in [0.4, 0.5) is 0 Å². The molecule has 0 amide bonds. The molecule has 0 spiro atoms. The summed E-state index contributed by atoms with van der Waals surface area (Å²) in [6.45, 7) is 7.39. The van der Waals surface area contributed by atoms with Gasteiger partial charge >= 0.3 is 0 Å². The van der Waals surface area contributed by atoms with Gasteiger partial charge in [0.05, 0.1) is 6.26 Å². The van der Waals surface area contributed by atoms with Crippen LogP contribution in [-0.4, -0.2) is 32.1 Å². The molecule has 1 heterocycles. The third-order valence-corrected chi connectivity index (χ3v) is 4.60. The minimum atomic E-state index is -3.07. The first-order valence-electron chi connectivity index (χ1n) is 6.97. The fraction of sp³-hybridized carbons (Fsp3) is 0.600. The molecule has 0 N–H and O–H groups in total. The molecule has 1 saturated heterocycles. The molecule has 2 atom stereocenters. The molecule has 1 aliphatic rings. The smallest absolute Gasteiger partial charge is 0.211 e. The van der Waals surface area contributed by atoms with Crippen molar-refractivity contribution in [1.29, 1.82) is 0 Å². The van der Waals surface area contributed by atoms with E-state index in [9.17, 15) is 8.42 Å². The van der Waals surface area contributed by atoms with Gasteiger partial charge in [-0.1, -0.05) is 51.1 Å². The summed E-state index contributed by atoms with van der Waals surface area (Å²) in [5.74, 6) is 0.748. The molecule has 0 radical (unpaired) electrons. The molecule has 108 valence electrons. The summed E-state index contributed by atoms with van der Waals surface area (Å²) >= 11 is 0. The quantitative estimate of drug-likeness (QED) is 0.836. The lowest BCUT2D eigenvalue weighted by molar-refractivity contribution is 0.254. The van der Waals surface area contributed by atoms with Crippen molar-refractivity contribution in [2.75, 3.05) is 19.3 Å². The molecule has 2 unspecified atom stereocenters. The third-order valence-electron chi connectivity index (χ3n) is 3.37. The van der Waals surface area contributed by atoms with Gasteiger partial charge in [-0.15, -0.1) is 0 Å². The Morgan fingerprint density at radius 2 is 1.68 bits per heavy atom. The standard InChI is InChI=1S/C13H19NO2S.C2H6/c1-11-8-13(12-6-4-3-5-7-12)10-14(9-11)17(2,15)16;1-2/h3-7,11,13H,8-10H2,1-2H3;1-2H3. The van der Waals surface area contributed by atoms with E-state index in [2.05, 4.69) is 19.1 Å². The van der Waals surface area contributed by atoms with Crippen molar-refractivity contribution in [3.8, 4) is 0 Å². The van der Waals surface area contributed by atoms with E-state index in [1.807, 2.05) is 32.0 Å². The van der Waals surface area contributed by atoms with E-state index >= 15 is 0 Å². The average Bonchev–Trinajstić information content (AvgIpc) is 2.40. The fourth-order valence-corrected chi connectivity index (χ4v) is 3.52. The van der Waals surface area contributed by atoms with Crippen molar-refractivity contribution in [3.05, 3.63) is 35.9 Å². The van der Waals surface area contributed by atoms with Gasteiger partial charge in [-0.05, 0) is 23.8 Å². The third kappa shape index (κ3) is 4.62. The molecule has 1 aromatic rings. The van der Waals surface area contributed by atoms with Gasteiger partial charge in [-0.25, -0.2) is 12.7 Å². The Bertz CT molecular complexity index is 470. The maximum absolute atomic E-state index is 11.6. The fourth-order valence-electron chi connectivity index (χ4n) is 2.54. The van der Waals surface area contributed by atoms with Gasteiger partial charge in [-0.3, -0.25) is 0 Å². The molecule has 3 nitrogen and oxygen atoms in total. The predicted molar refractivity (Wildman–Crippen MR) is 80.7 cm³/mol. The van der Waals surface area contributed by atoms with Gasteiger partial charge in [0, 0.05) is 13.1 Å². The summed E-state index contributed by atoms with van der Waals surface area (Å²) in [5.41, 5.74) is 1.24. The lowest BCUT2D eigenvalue weighted by Crippen LogP contribution is -2.41. The van der Waals surface area contributed by atoms with Crippen LogP contribution >= 0.6 is 0 Å². The number of hydrogen-bond acceptors (Lipinski definition) is 2. The monoisotopic (exact) mass is 283 g/mol. The van der Waals surface area contributed by atoms with Gasteiger partial charge in [0.2, 0.25) is 10.0 Å². The zero-order chi connectivity index (χ0) is 14.5. The van der Waals surface area contributed by atoms with E-state index in [0.29, 0.717) is 24.9 Å². The van der Waals surface area contributed by atoms with Crippen LogP contribution < -0.4 is 0 Å². The first kappa shape index (κ1) is 16.2. The first-order valence-corrected chi connectivity index (χ1v) is 8.81. The second-order valence-corrected chi connectivity index (χ2v) is 7.01. The molecule has 0 bridgehead atoms. The van der Waals surface area contributed by atoms with Crippen molar-refractivity contribution in [2.24, 2.45) is 5.92 Å². The lowest BCUT2D eigenvalue weighted by Gasteiger charge is -2.35. The van der Waals surface area contributed by atoms with E-state index < -0.39 is 10.0 Å². The van der Waals surface area contributed by atoms with Gasteiger partial charge in [0.15, 0.2) is 0 Å². The van der Waals surface area contributed by atoms with Crippen LogP contribution in [0.5, 0.6) is 0 Å². The second-order valence-electron chi connectivity index (χ2n) is 5.03. The number of rotatable bonds is 2. The van der Waals surface area contributed by atoms with Crippen LogP contribution in [0.15, 0.2) is 30.3 Å². The highest BCUT2D eigenvalue weighted by Crippen LogP contribution is 2.30. The number of piperidine rings is 1. The molecule has 0 saturated carbocycles. The van der Waals surface area contributed by atoms with E-state index in [0.717, 1.165) is 6.42 Å². The normalized spacial score (nSPS) is 24.4. The van der Waals surface area contributed by atoms with E-state index in [-0.39, 0.29) is 0 Å². The van der Waals surface area contributed by atoms with Crippen LogP contribution in [0, 0.1) is 5.92 Å². The van der Waals surface area contributed by atoms with Gasteiger partial charge in [0.1, 0.15) is 0 Å². The highest BCUT2D eigenvalue weighted by Gasteiger charge is 2.30. The molecular formula is C15H25NO2S. The number of hydrogen-bond donors (Lipinski definition) is 0. The zero-order valence-corrected chi connectivity index (χ0v) is 13.2. The van der Waals surface area contributed by atoms with Crippen LogP contribution in [0.25, 0.3) is 0 Å². The molecule has 4 heteroatoms. The van der Waals surface area contributed by atoms with Gasteiger partial charge < -0.3 is 0 Å². The van der Waals surface area contributed by atoms with Crippen molar-refractivity contribution >= 4 is 10.0 Å². The lowest BCUT2D eigenvalue weighted by atomic mass is 9.86. The van der Waals surface area contributed by atoms with Crippen LogP contribution in [-0.2, 0) is 10.0 Å². The van der Waals surface area contributed by atoms with Crippen molar-refractivity contribution < 1.29 is 8.42 Å². The SMILES string of the molecule is CC.CC1CC(c2ccccc2)CN(S(C)(=O)=O)C1. The summed E-state index contributed by atoms with van der Waals surface area (Å²) in [7, 11) is -3.07. The maximum Gasteiger partial charge on any atom is 0.211 e. The predicted octanol–water partition coefficient (Wildman–Crippen LogP) is 3.10. The minimum absolute atomic E-state index is 0.328. The summed E-state index contributed by atoms with van der Waals surface area (Å²) in [5, 5.41) is 0. The second kappa shape index (κ2) is 7.06. The summed E-state index contributed by atoms with van der Waals surface area (Å²) < 4.78 is 24.9. The molecule has 0 aromatic heterocycles. The summed E-state index contributed by atoms with van der Waals surface area (Å²) in [4.78, 5) is 0. The van der Waals surface area contributed by atoms with Crippen LogP contribution in [0.3, 0.4) is 0 Å². The molecule has 1 aliphatic heterocycles. The Kier molecular flexibility index (Phi) is 6.01. The largest absolute Gasteiger partial charge is 0.213 e. The molecular weight excluding hydrogens is 258 g/mol. The molecule has 2 rings (SSSR count). The summed E-state index contributed by atoms with van der Waals surface area (Å²) in [6.07, 6.45) is 2.36. The van der Waals surface area contributed by atoms with Gasteiger partial charge in [0.25, 0.3) is 0 Å². The summed E-state index contributed by atoms with van der Waals surface area (Å²) in [6, 6.07) is 10.2. The molecule has 1 aromatic carbocycles. The van der Waals surface area contributed by atoms with Crippen molar-refractivity contribution in [1.82, 2.24) is 4.31 Å². The maximum atomic E-state index is 11.6. The highest BCUT2D eigenvalue weighted by atomic mass is 32.2. The molecule has 0 aliphatic carbocycles. The van der Waals surface area contributed by atoms with Crippen molar-refractivity contribution in [3.63, 3.8) is 0 Å². The Balaban J connectivity index is 0.000000861. The van der Waals surface area contributed by atoms with E-state index in [1.165, 1.54) is 11.8 Å². The first-order chi connectivity index (χ1) is 8.97. The highest BCUT2D eigenvalue weighted by molar-refractivity contribution is 7.88.